The number of primary amides is 1. The Morgan fingerprint density at radius 2 is 0.982 bits per heavy atom. The Morgan fingerprint density at radius 1 is 0.545 bits per heavy atom. The van der Waals surface area contributed by atoms with Gasteiger partial charge in [0.25, 0.3) is 0 Å². The topological polar surface area (TPSA) is 229 Å². The van der Waals surface area contributed by atoms with Gasteiger partial charge in [-0.05, 0) is 54.0 Å². The van der Waals surface area contributed by atoms with Crippen LogP contribution in [0.2, 0.25) is 0 Å². The van der Waals surface area contributed by atoms with Gasteiger partial charge in [-0.1, -0.05) is 100 Å². The lowest BCUT2D eigenvalue weighted by molar-refractivity contribution is -0.137. The van der Waals surface area contributed by atoms with Crippen molar-refractivity contribution in [2.45, 2.75) is 96.6 Å². The molecule has 0 spiro atoms. The summed E-state index contributed by atoms with van der Waals surface area (Å²) in [5, 5.41) is 33.6. The predicted octanol–water partition coefficient (Wildman–Crippen LogP) is 1.41. The first-order chi connectivity index (χ1) is 26.0. The summed E-state index contributed by atoms with van der Waals surface area (Å²) in [6.07, 6.45) is -1.22. The van der Waals surface area contributed by atoms with Crippen molar-refractivity contribution in [1.29, 1.82) is 0 Å². The van der Waals surface area contributed by atoms with E-state index in [1.807, 2.05) is 19.9 Å². The zero-order valence-corrected chi connectivity index (χ0v) is 32.0. The number of hydrogen-bond acceptors (Lipinski definition) is 8. The van der Waals surface area contributed by atoms with Gasteiger partial charge in [-0.3, -0.25) is 28.8 Å². The van der Waals surface area contributed by atoms with Crippen molar-refractivity contribution in [1.82, 2.24) is 26.6 Å². The van der Waals surface area contributed by atoms with Gasteiger partial charge in [0, 0.05) is 19.3 Å². The van der Waals surface area contributed by atoms with Crippen molar-refractivity contribution >= 4 is 35.4 Å². The fraction of sp³-hybridized carbons (Fsp3) is 0.415. The SMILES string of the molecule is CC(C)C[C@@H](NC(=O)C(O)Cc1ccc(O)cc1)C(=O)N[C@@H](C(=O)N[C@H](Cc1ccccc1)C(=O)N[C@H](Cc1ccccc1)C(=O)N[C@H](C)C(N)=O)C(C)C. The summed E-state index contributed by atoms with van der Waals surface area (Å²) in [5.41, 5.74) is 7.41. The standard InChI is InChI=1S/C41H54N6O8/c1-24(2)20-31(45-40(54)34(49)23-29-16-18-30(48)19-17-29)39(53)47-35(25(3)4)41(55)46-33(22-28-14-10-7-11-15-28)38(52)44-32(21-27-12-8-6-9-13-27)37(51)43-26(5)36(42)50/h6-19,24-26,31-35,48-49H,20-23H2,1-5H3,(H2,42,50)(H,43,51)(H,44,52)(H,45,54)(H,46,55)(H,47,53)/t26-,31-,32-,33-,34?,35-/m1/s1. The number of carbonyl (C=O) groups is 6. The van der Waals surface area contributed by atoms with Gasteiger partial charge >= 0.3 is 0 Å². The second-order valence-electron chi connectivity index (χ2n) is 14.4. The highest BCUT2D eigenvalue weighted by molar-refractivity contribution is 5.96. The van der Waals surface area contributed by atoms with Crippen molar-refractivity contribution < 1.29 is 39.0 Å². The number of phenolic OH excluding ortho intramolecular Hbond substituents is 1. The molecule has 55 heavy (non-hydrogen) atoms. The predicted molar refractivity (Wildman–Crippen MR) is 207 cm³/mol. The number of nitrogens with two attached hydrogens (primary N) is 1. The number of aliphatic hydroxyl groups excluding tert-OH is 1. The number of carbonyl (C=O) groups excluding carboxylic acids is 6. The van der Waals surface area contributed by atoms with E-state index in [4.69, 9.17) is 5.73 Å². The van der Waals surface area contributed by atoms with E-state index >= 15 is 0 Å². The molecule has 9 N–H and O–H groups in total. The normalized spacial score (nSPS) is 14.4. The van der Waals surface area contributed by atoms with Crippen molar-refractivity contribution in [3.63, 3.8) is 0 Å². The molecule has 0 saturated heterocycles. The van der Waals surface area contributed by atoms with Gasteiger partial charge in [-0.2, -0.15) is 0 Å². The van der Waals surface area contributed by atoms with Gasteiger partial charge < -0.3 is 42.5 Å². The molecule has 0 radical (unpaired) electrons. The van der Waals surface area contributed by atoms with Crippen LogP contribution >= 0.6 is 0 Å². The average Bonchev–Trinajstić information content (AvgIpc) is 3.14. The van der Waals surface area contributed by atoms with Crippen LogP contribution in [0.4, 0.5) is 0 Å². The molecule has 3 aromatic carbocycles. The third-order valence-electron chi connectivity index (χ3n) is 8.87. The number of rotatable bonds is 20. The van der Waals surface area contributed by atoms with E-state index in [1.54, 1.807) is 80.6 Å². The molecule has 0 aromatic heterocycles. The fourth-order valence-electron chi connectivity index (χ4n) is 5.74. The third kappa shape index (κ3) is 14.5. The van der Waals surface area contributed by atoms with Crippen LogP contribution in [0.1, 0.15) is 57.7 Å². The zero-order valence-electron chi connectivity index (χ0n) is 32.0. The second kappa shape index (κ2) is 21.2. The van der Waals surface area contributed by atoms with E-state index in [2.05, 4.69) is 26.6 Å². The first-order valence-electron chi connectivity index (χ1n) is 18.4. The number of aromatic hydroxyl groups is 1. The minimum atomic E-state index is -1.49. The first kappa shape index (κ1) is 43.6. The van der Waals surface area contributed by atoms with E-state index in [1.165, 1.54) is 19.1 Å². The number of phenols is 1. The van der Waals surface area contributed by atoms with Crippen molar-refractivity contribution in [2.75, 3.05) is 0 Å². The monoisotopic (exact) mass is 758 g/mol. The van der Waals surface area contributed by atoms with Gasteiger partial charge in [-0.25, -0.2) is 0 Å². The molecule has 0 fully saturated rings. The highest BCUT2D eigenvalue weighted by Gasteiger charge is 2.34. The van der Waals surface area contributed by atoms with Gasteiger partial charge in [0.2, 0.25) is 35.4 Å². The Balaban J connectivity index is 1.82. The number of hydrogen-bond donors (Lipinski definition) is 8. The molecular formula is C41H54N6O8. The second-order valence-corrected chi connectivity index (χ2v) is 14.4. The Morgan fingerprint density at radius 3 is 1.45 bits per heavy atom. The summed E-state index contributed by atoms with van der Waals surface area (Å²) in [4.78, 5) is 79.8. The molecule has 3 rings (SSSR count). The summed E-state index contributed by atoms with van der Waals surface area (Å²) < 4.78 is 0. The van der Waals surface area contributed by atoms with E-state index < -0.39 is 77.7 Å². The summed E-state index contributed by atoms with van der Waals surface area (Å²) in [7, 11) is 0. The lowest BCUT2D eigenvalue weighted by Gasteiger charge is -2.29. The number of amides is 6. The van der Waals surface area contributed by atoms with E-state index in [0.717, 1.165) is 5.56 Å². The smallest absolute Gasteiger partial charge is 0.249 e. The number of benzene rings is 3. The van der Waals surface area contributed by atoms with Gasteiger partial charge in [0.15, 0.2) is 0 Å². The molecule has 3 aromatic rings. The molecule has 0 bridgehead atoms. The van der Waals surface area contributed by atoms with E-state index in [0.29, 0.717) is 11.1 Å². The van der Waals surface area contributed by atoms with Crippen LogP contribution in [0.5, 0.6) is 5.75 Å². The lowest BCUT2D eigenvalue weighted by Crippen LogP contribution is -2.60. The summed E-state index contributed by atoms with van der Waals surface area (Å²) in [6, 6.07) is 18.3. The van der Waals surface area contributed by atoms with Gasteiger partial charge in [0.05, 0.1) is 0 Å². The molecule has 14 nitrogen and oxygen atoms in total. The number of aliphatic hydroxyl groups is 1. The third-order valence-corrected chi connectivity index (χ3v) is 8.87. The molecule has 1 unspecified atom stereocenters. The average molecular weight is 759 g/mol. The Hall–Kier alpha value is -5.76. The van der Waals surface area contributed by atoms with Crippen LogP contribution in [0.3, 0.4) is 0 Å². The van der Waals surface area contributed by atoms with Gasteiger partial charge in [-0.15, -0.1) is 0 Å². The summed E-state index contributed by atoms with van der Waals surface area (Å²) in [6.45, 7) is 8.58. The molecule has 0 aliphatic heterocycles. The minimum absolute atomic E-state index is 0.0403. The molecule has 0 aliphatic rings. The van der Waals surface area contributed by atoms with Crippen LogP contribution < -0.4 is 32.3 Å². The van der Waals surface area contributed by atoms with Crippen molar-refractivity contribution in [3.05, 3.63) is 102 Å². The molecular weight excluding hydrogens is 704 g/mol. The van der Waals surface area contributed by atoms with Crippen LogP contribution in [0.25, 0.3) is 0 Å². The zero-order chi connectivity index (χ0) is 40.7. The summed E-state index contributed by atoms with van der Waals surface area (Å²) >= 11 is 0. The maximum absolute atomic E-state index is 14.0. The van der Waals surface area contributed by atoms with Crippen LogP contribution in [0.15, 0.2) is 84.9 Å². The maximum Gasteiger partial charge on any atom is 0.249 e. The van der Waals surface area contributed by atoms with Crippen LogP contribution in [0, 0.1) is 11.8 Å². The summed E-state index contributed by atoms with van der Waals surface area (Å²) in [5.74, 6) is -4.66. The highest BCUT2D eigenvalue weighted by Crippen LogP contribution is 2.14. The van der Waals surface area contributed by atoms with Gasteiger partial charge in [0.1, 0.15) is 42.1 Å². The van der Waals surface area contributed by atoms with Crippen molar-refractivity contribution in [3.8, 4) is 5.75 Å². The Bertz CT molecular complexity index is 1740. The molecule has 14 heteroatoms. The maximum atomic E-state index is 14.0. The molecule has 6 atom stereocenters. The Labute approximate surface area is 322 Å². The fourth-order valence-corrected chi connectivity index (χ4v) is 5.74. The molecule has 0 aliphatic carbocycles. The van der Waals surface area contributed by atoms with Crippen LogP contribution in [-0.2, 0) is 48.0 Å². The molecule has 0 heterocycles. The van der Waals surface area contributed by atoms with E-state index in [9.17, 15) is 39.0 Å². The molecule has 0 saturated carbocycles. The van der Waals surface area contributed by atoms with E-state index in [-0.39, 0.29) is 37.4 Å². The minimum Gasteiger partial charge on any atom is -0.508 e. The van der Waals surface area contributed by atoms with Crippen LogP contribution in [-0.4, -0.2) is 82.0 Å². The quantitative estimate of drug-likeness (QED) is 0.0838. The Kier molecular flexibility index (Phi) is 16.8. The number of nitrogens with one attached hydrogen (secondary N) is 5. The largest absolute Gasteiger partial charge is 0.508 e. The molecule has 296 valence electrons. The van der Waals surface area contributed by atoms with Crippen molar-refractivity contribution in [2.24, 2.45) is 17.6 Å². The molecule has 6 amide bonds. The highest BCUT2D eigenvalue weighted by atomic mass is 16.3. The lowest BCUT2D eigenvalue weighted by atomic mass is 9.98. The first-order valence-corrected chi connectivity index (χ1v) is 18.4.